The number of nitrogens with zero attached hydrogens (tertiary/aromatic N) is 4. The summed E-state index contributed by atoms with van der Waals surface area (Å²) in [5.41, 5.74) is 1.97. The summed E-state index contributed by atoms with van der Waals surface area (Å²) in [5, 5.41) is 5.50. The van der Waals surface area contributed by atoms with Crippen LogP contribution < -0.4 is 5.32 Å². The van der Waals surface area contributed by atoms with Crippen molar-refractivity contribution in [2.24, 2.45) is 4.99 Å². The number of likely N-dealkylation sites (N-methyl/N-ethyl adjacent to an activating group) is 1. The van der Waals surface area contributed by atoms with Gasteiger partial charge in [-0.3, -0.25) is 4.99 Å². The van der Waals surface area contributed by atoms with Crippen LogP contribution in [0.2, 0.25) is 0 Å². The minimum Gasteiger partial charge on any atom is -0.351 e. The molecule has 0 aliphatic heterocycles. The summed E-state index contributed by atoms with van der Waals surface area (Å²) < 4.78 is 2.03. The highest BCUT2D eigenvalue weighted by atomic mass is 127. The maximum absolute atomic E-state index is 4.59. The van der Waals surface area contributed by atoms with E-state index >= 15 is 0 Å². The Bertz CT molecular complexity index is 748. The van der Waals surface area contributed by atoms with Gasteiger partial charge in [-0.15, -0.1) is 35.3 Å². The van der Waals surface area contributed by atoms with E-state index in [0.717, 1.165) is 30.3 Å². The fourth-order valence-electron chi connectivity index (χ4n) is 2.47. The number of pyridine rings is 1. The third-order valence-corrected chi connectivity index (χ3v) is 4.62. The molecular formula is C17H22IN5S. The number of hydrogen-bond acceptors (Lipinski definition) is 3. The van der Waals surface area contributed by atoms with E-state index in [2.05, 4.69) is 44.8 Å². The third kappa shape index (κ3) is 4.70. The number of halogens is 1. The first-order valence-corrected chi connectivity index (χ1v) is 8.51. The van der Waals surface area contributed by atoms with E-state index in [-0.39, 0.29) is 24.0 Å². The Kier molecular flexibility index (Phi) is 7.04. The molecule has 0 bridgehead atoms. The molecule has 0 saturated heterocycles. The van der Waals surface area contributed by atoms with Gasteiger partial charge in [-0.2, -0.15) is 0 Å². The van der Waals surface area contributed by atoms with Gasteiger partial charge in [0.2, 0.25) is 0 Å². The van der Waals surface area contributed by atoms with Gasteiger partial charge in [0.15, 0.2) is 5.96 Å². The van der Waals surface area contributed by atoms with Crippen LogP contribution in [0.15, 0.2) is 53.1 Å². The molecule has 24 heavy (non-hydrogen) atoms. The molecule has 0 fully saturated rings. The van der Waals surface area contributed by atoms with Crippen molar-refractivity contribution in [3.8, 4) is 0 Å². The molecule has 0 unspecified atom stereocenters. The molecular weight excluding hydrogens is 433 g/mol. The molecule has 128 valence electrons. The first kappa shape index (κ1) is 18.7. The van der Waals surface area contributed by atoms with Crippen LogP contribution in [0, 0.1) is 0 Å². The Morgan fingerprint density at radius 1 is 1.33 bits per heavy atom. The Hall–Kier alpha value is -1.61. The molecule has 5 nitrogen and oxygen atoms in total. The molecule has 0 atom stereocenters. The highest BCUT2D eigenvalue weighted by Gasteiger charge is 2.07. The Morgan fingerprint density at radius 3 is 2.92 bits per heavy atom. The summed E-state index contributed by atoms with van der Waals surface area (Å²) in [4.78, 5) is 12.5. The number of nitrogens with one attached hydrogen (secondary N) is 1. The third-order valence-electron chi connectivity index (χ3n) is 3.69. The van der Waals surface area contributed by atoms with Crippen LogP contribution >= 0.6 is 35.3 Å². The molecule has 0 amide bonds. The second-order valence-electron chi connectivity index (χ2n) is 5.35. The lowest BCUT2D eigenvalue weighted by Crippen LogP contribution is -2.39. The second kappa shape index (κ2) is 9.03. The summed E-state index contributed by atoms with van der Waals surface area (Å²) in [6, 6.07) is 10.3. The lowest BCUT2D eigenvalue weighted by molar-refractivity contribution is 0.486. The van der Waals surface area contributed by atoms with Crippen LogP contribution in [0.1, 0.15) is 10.6 Å². The average molecular weight is 455 g/mol. The zero-order valence-electron chi connectivity index (χ0n) is 13.8. The number of thiophene rings is 1. The fourth-order valence-corrected chi connectivity index (χ4v) is 3.16. The molecule has 0 aliphatic rings. The largest absolute Gasteiger partial charge is 0.351 e. The number of hydrogen-bond donors (Lipinski definition) is 1. The molecule has 1 N–H and O–H groups in total. The molecule has 3 rings (SSSR count). The van der Waals surface area contributed by atoms with Gasteiger partial charge in [-0.25, -0.2) is 4.98 Å². The summed E-state index contributed by atoms with van der Waals surface area (Å²) in [5.74, 6) is 0.888. The number of aromatic nitrogens is 2. The number of aliphatic imine (C=N–C) groups is 1. The van der Waals surface area contributed by atoms with Gasteiger partial charge in [0, 0.05) is 37.9 Å². The van der Waals surface area contributed by atoms with E-state index in [4.69, 9.17) is 0 Å². The normalized spacial score (nSPS) is 11.3. The van der Waals surface area contributed by atoms with Gasteiger partial charge in [0.05, 0.1) is 12.2 Å². The van der Waals surface area contributed by atoms with Crippen LogP contribution in [0.4, 0.5) is 0 Å². The molecule has 0 radical (unpaired) electrons. The van der Waals surface area contributed by atoms with Crippen molar-refractivity contribution < 1.29 is 0 Å². The molecule has 3 aromatic heterocycles. The van der Waals surface area contributed by atoms with Crippen molar-refractivity contribution in [3.63, 3.8) is 0 Å². The van der Waals surface area contributed by atoms with Gasteiger partial charge in [0.25, 0.3) is 0 Å². The lowest BCUT2D eigenvalue weighted by Gasteiger charge is -2.21. The fraction of sp³-hybridized carbons (Fsp3) is 0.294. The van der Waals surface area contributed by atoms with Crippen LogP contribution in [-0.4, -0.2) is 40.9 Å². The Morgan fingerprint density at radius 2 is 2.21 bits per heavy atom. The van der Waals surface area contributed by atoms with Crippen molar-refractivity contribution >= 4 is 46.9 Å². The zero-order chi connectivity index (χ0) is 16.1. The molecule has 7 heteroatoms. The van der Waals surface area contributed by atoms with Crippen LogP contribution in [0.3, 0.4) is 0 Å². The molecule has 0 spiro atoms. The molecule has 0 saturated carbocycles. The minimum absolute atomic E-state index is 0. The standard InChI is InChI=1S/C17H21N5S.HI/c1-18-17(21(2)10-8-15-6-5-11-23-15)19-12-14-13-22-9-4-3-7-16(22)20-14;/h3-7,9,11,13H,8,10,12H2,1-2H3,(H,18,19);1H. The van der Waals surface area contributed by atoms with Crippen LogP contribution in [0.25, 0.3) is 5.65 Å². The molecule has 3 aromatic rings. The minimum atomic E-state index is 0. The van der Waals surface area contributed by atoms with Crippen molar-refractivity contribution in [2.75, 3.05) is 20.6 Å². The van der Waals surface area contributed by atoms with Crippen molar-refractivity contribution in [1.29, 1.82) is 0 Å². The smallest absolute Gasteiger partial charge is 0.193 e. The first-order valence-electron chi connectivity index (χ1n) is 7.63. The van der Waals surface area contributed by atoms with Crippen LogP contribution in [0.5, 0.6) is 0 Å². The Balaban J connectivity index is 0.00000208. The number of rotatable bonds is 5. The SMILES string of the molecule is CN=C(NCc1cn2ccccc2n1)N(C)CCc1cccs1.I. The van der Waals surface area contributed by atoms with E-state index in [0.29, 0.717) is 6.54 Å². The highest BCUT2D eigenvalue weighted by Crippen LogP contribution is 2.09. The van der Waals surface area contributed by atoms with E-state index in [9.17, 15) is 0 Å². The first-order chi connectivity index (χ1) is 11.3. The Labute approximate surface area is 163 Å². The van der Waals surface area contributed by atoms with Gasteiger partial charge >= 0.3 is 0 Å². The van der Waals surface area contributed by atoms with Gasteiger partial charge < -0.3 is 14.6 Å². The predicted octanol–water partition coefficient (Wildman–Crippen LogP) is 3.26. The van der Waals surface area contributed by atoms with Crippen LogP contribution in [-0.2, 0) is 13.0 Å². The van der Waals surface area contributed by atoms with E-state index in [1.54, 1.807) is 11.3 Å². The van der Waals surface area contributed by atoms with Gasteiger partial charge in [0.1, 0.15) is 5.65 Å². The maximum atomic E-state index is 4.59. The van der Waals surface area contributed by atoms with E-state index in [1.165, 1.54) is 4.88 Å². The van der Waals surface area contributed by atoms with E-state index in [1.807, 2.05) is 42.0 Å². The quantitative estimate of drug-likeness (QED) is 0.365. The van der Waals surface area contributed by atoms with E-state index < -0.39 is 0 Å². The van der Waals surface area contributed by atoms with Crippen molar-refractivity contribution in [2.45, 2.75) is 13.0 Å². The predicted molar refractivity (Wildman–Crippen MR) is 111 cm³/mol. The number of imidazole rings is 1. The van der Waals surface area contributed by atoms with Gasteiger partial charge in [-0.05, 0) is 30.0 Å². The number of fused-ring (bicyclic) bond motifs is 1. The zero-order valence-corrected chi connectivity index (χ0v) is 17.0. The molecule has 0 aliphatic carbocycles. The lowest BCUT2D eigenvalue weighted by atomic mass is 10.3. The number of guanidine groups is 1. The monoisotopic (exact) mass is 455 g/mol. The highest BCUT2D eigenvalue weighted by molar-refractivity contribution is 14.0. The molecule has 3 heterocycles. The molecule has 0 aromatic carbocycles. The summed E-state index contributed by atoms with van der Waals surface area (Å²) in [7, 11) is 3.88. The van der Waals surface area contributed by atoms with Crippen molar-refractivity contribution in [3.05, 3.63) is 58.7 Å². The second-order valence-corrected chi connectivity index (χ2v) is 6.38. The topological polar surface area (TPSA) is 44.9 Å². The summed E-state index contributed by atoms with van der Waals surface area (Å²) in [6.45, 7) is 1.60. The van der Waals surface area contributed by atoms with Crippen molar-refractivity contribution in [1.82, 2.24) is 19.6 Å². The summed E-state index contributed by atoms with van der Waals surface area (Å²) in [6.07, 6.45) is 5.08. The average Bonchev–Trinajstić information content (AvgIpc) is 3.22. The summed E-state index contributed by atoms with van der Waals surface area (Å²) >= 11 is 1.80. The maximum Gasteiger partial charge on any atom is 0.193 e. The van der Waals surface area contributed by atoms with Gasteiger partial charge in [-0.1, -0.05) is 12.1 Å².